The molecule has 4 nitrogen and oxygen atoms in total. The van der Waals surface area contributed by atoms with E-state index in [1.807, 2.05) is 0 Å². The molecular formula is C12H26ClN3O. The first-order valence-electron chi connectivity index (χ1n) is 6.11. The molecule has 0 aromatic rings. The van der Waals surface area contributed by atoms with E-state index >= 15 is 0 Å². The van der Waals surface area contributed by atoms with Crippen LogP contribution in [0.1, 0.15) is 40.5 Å². The van der Waals surface area contributed by atoms with Crippen LogP contribution >= 0.6 is 12.4 Å². The fraction of sp³-hybridized carbons (Fsp3) is 0.917. The molecule has 1 heterocycles. The number of nitrogens with zero attached hydrogens (tertiary/aromatic N) is 1. The number of hydrogen-bond acceptors (Lipinski definition) is 3. The highest BCUT2D eigenvalue weighted by atomic mass is 35.5. The Hall–Kier alpha value is -0.320. The van der Waals surface area contributed by atoms with Crippen LogP contribution in [0.2, 0.25) is 0 Å². The van der Waals surface area contributed by atoms with Gasteiger partial charge in [-0.05, 0) is 40.5 Å². The monoisotopic (exact) mass is 263 g/mol. The van der Waals surface area contributed by atoms with E-state index in [-0.39, 0.29) is 23.9 Å². The normalized spacial score (nSPS) is 20.5. The van der Waals surface area contributed by atoms with Crippen molar-refractivity contribution < 1.29 is 4.79 Å². The Morgan fingerprint density at radius 1 is 1.35 bits per heavy atom. The van der Waals surface area contributed by atoms with Crippen LogP contribution in [0.3, 0.4) is 0 Å². The Kier molecular flexibility index (Phi) is 6.45. The van der Waals surface area contributed by atoms with Crippen LogP contribution in [0.25, 0.3) is 0 Å². The summed E-state index contributed by atoms with van der Waals surface area (Å²) in [5, 5.41) is 3.00. The molecule has 1 rings (SSSR count). The lowest BCUT2D eigenvalue weighted by atomic mass is 9.98. The zero-order chi connectivity index (χ0) is 12.3. The quantitative estimate of drug-likeness (QED) is 0.785. The van der Waals surface area contributed by atoms with Crippen molar-refractivity contribution in [3.63, 3.8) is 0 Å². The second-order valence-electron chi connectivity index (χ2n) is 5.73. The van der Waals surface area contributed by atoms with Crippen molar-refractivity contribution in [2.75, 3.05) is 13.1 Å². The second-order valence-corrected chi connectivity index (χ2v) is 5.73. The number of carbonyl (C=O) groups is 1. The SMILES string of the molecule is CC(N)C(=O)NC1CCN(C(C)(C)C)CC1.Cl. The van der Waals surface area contributed by atoms with Gasteiger partial charge in [0.05, 0.1) is 6.04 Å². The van der Waals surface area contributed by atoms with Gasteiger partial charge in [-0.2, -0.15) is 0 Å². The molecule has 1 unspecified atom stereocenters. The Morgan fingerprint density at radius 2 is 1.82 bits per heavy atom. The Labute approximate surface area is 111 Å². The fourth-order valence-electron chi connectivity index (χ4n) is 2.03. The molecule has 1 amide bonds. The van der Waals surface area contributed by atoms with Gasteiger partial charge in [-0.25, -0.2) is 0 Å². The highest BCUT2D eigenvalue weighted by molar-refractivity contribution is 5.85. The van der Waals surface area contributed by atoms with E-state index < -0.39 is 6.04 Å². The van der Waals surface area contributed by atoms with Crippen molar-refractivity contribution in [2.24, 2.45) is 5.73 Å². The minimum Gasteiger partial charge on any atom is -0.352 e. The van der Waals surface area contributed by atoms with Crippen molar-refractivity contribution >= 4 is 18.3 Å². The molecule has 1 atom stereocenters. The van der Waals surface area contributed by atoms with Crippen molar-refractivity contribution in [1.82, 2.24) is 10.2 Å². The van der Waals surface area contributed by atoms with E-state index in [0.29, 0.717) is 6.04 Å². The number of amides is 1. The topological polar surface area (TPSA) is 58.4 Å². The molecule has 0 aromatic heterocycles. The van der Waals surface area contributed by atoms with Crippen molar-refractivity contribution in [3.8, 4) is 0 Å². The molecular weight excluding hydrogens is 238 g/mol. The molecule has 1 aliphatic heterocycles. The molecule has 0 aliphatic carbocycles. The van der Waals surface area contributed by atoms with Gasteiger partial charge in [0.15, 0.2) is 0 Å². The van der Waals surface area contributed by atoms with E-state index in [4.69, 9.17) is 5.73 Å². The maximum atomic E-state index is 11.4. The van der Waals surface area contributed by atoms with Crippen LogP contribution in [0.5, 0.6) is 0 Å². The molecule has 3 N–H and O–H groups in total. The van der Waals surface area contributed by atoms with E-state index in [1.54, 1.807) is 6.92 Å². The first kappa shape index (κ1) is 16.7. The first-order chi connectivity index (χ1) is 7.30. The van der Waals surface area contributed by atoms with Crippen molar-refractivity contribution in [3.05, 3.63) is 0 Å². The van der Waals surface area contributed by atoms with Crippen LogP contribution in [0.15, 0.2) is 0 Å². The molecule has 0 radical (unpaired) electrons. The molecule has 0 bridgehead atoms. The van der Waals surface area contributed by atoms with Crippen LogP contribution < -0.4 is 11.1 Å². The lowest BCUT2D eigenvalue weighted by Crippen LogP contribution is -2.52. The van der Waals surface area contributed by atoms with Gasteiger partial charge in [-0.3, -0.25) is 9.69 Å². The molecule has 0 aromatic carbocycles. The summed E-state index contributed by atoms with van der Waals surface area (Å²) in [6.45, 7) is 10.5. The number of piperidine rings is 1. The number of hydrogen-bond donors (Lipinski definition) is 2. The lowest BCUT2D eigenvalue weighted by Gasteiger charge is -2.41. The van der Waals surface area contributed by atoms with E-state index in [1.165, 1.54) is 0 Å². The standard InChI is InChI=1S/C12H25N3O.ClH/c1-9(13)11(16)14-10-5-7-15(8-6-10)12(2,3)4;/h9-10H,5-8,13H2,1-4H3,(H,14,16);1H. The summed E-state index contributed by atoms with van der Waals surface area (Å²) in [7, 11) is 0. The lowest BCUT2D eigenvalue weighted by molar-refractivity contribution is -0.123. The third-order valence-corrected chi connectivity index (χ3v) is 3.20. The third kappa shape index (κ3) is 5.23. The summed E-state index contributed by atoms with van der Waals surface area (Å²) >= 11 is 0. The van der Waals surface area contributed by atoms with E-state index in [9.17, 15) is 4.79 Å². The maximum absolute atomic E-state index is 11.4. The van der Waals surface area contributed by atoms with Crippen LogP contribution in [0, 0.1) is 0 Å². The van der Waals surface area contributed by atoms with Crippen LogP contribution in [0.4, 0.5) is 0 Å². The smallest absolute Gasteiger partial charge is 0.236 e. The maximum Gasteiger partial charge on any atom is 0.236 e. The van der Waals surface area contributed by atoms with Gasteiger partial charge in [0.25, 0.3) is 0 Å². The van der Waals surface area contributed by atoms with Gasteiger partial charge in [0.1, 0.15) is 0 Å². The Morgan fingerprint density at radius 3 is 2.18 bits per heavy atom. The summed E-state index contributed by atoms with van der Waals surface area (Å²) in [5.74, 6) is -0.0331. The Balaban J connectivity index is 0.00000256. The summed E-state index contributed by atoms with van der Waals surface area (Å²) in [4.78, 5) is 13.9. The summed E-state index contributed by atoms with van der Waals surface area (Å²) in [5.41, 5.74) is 5.76. The van der Waals surface area contributed by atoms with Crippen LogP contribution in [-0.4, -0.2) is 41.5 Å². The van der Waals surface area contributed by atoms with E-state index in [2.05, 4.69) is 31.0 Å². The van der Waals surface area contributed by atoms with Gasteiger partial charge in [-0.1, -0.05) is 0 Å². The van der Waals surface area contributed by atoms with E-state index in [0.717, 1.165) is 25.9 Å². The number of likely N-dealkylation sites (tertiary alicyclic amines) is 1. The molecule has 102 valence electrons. The first-order valence-corrected chi connectivity index (χ1v) is 6.11. The van der Waals surface area contributed by atoms with Crippen LogP contribution in [-0.2, 0) is 4.79 Å². The Bertz CT molecular complexity index is 243. The predicted molar refractivity (Wildman–Crippen MR) is 73.4 cm³/mol. The number of carbonyl (C=O) groups excluding carboxylic acids is 1. The van der Waals surface area contributed by atoms with Gasteiger partial charge in [0, 0.05) is 24.7 Å². The largest absolute Gasteiger partial charge is 0.352 e. The van der Waals surface area contributed by atoms with Gasteiger partial charge in [0.2, 0.25) is 5.91 Å². The van der Waals surface area contributed by atoms with Gasteiger partial charge in [-0.15, -0.1) is 12.4 Å². The number of nitrogens with two attached hydrogens (primary N) is 1. The molecule has 0 spiro atoms. The highest BCUT2D eigenvalue weighted by Gasteiger charge is 2.27. The van der Waals surface area contributed by atoms with Gasteiger partial charge >= 0.3 is 0 Å². The van der Waals surface area contributed by atoms with Crippen molar-refractivity contribution in [1.29, 1.82) is 0 Å². The molecule has 0 saturated carbocycles. The summed E-state index contributed by atoms with van der Waals surface area (Å²) < 4.78 is 0. The average Bonchev–Trinajstić information content (AvgIpc) is 2.17. The molecule has 1 saturated heterocycles. The summed E-state index contributed by atoms with van der Waals surface area (Å²) in [6.07, 6.45) is 2.05. The third-order valence-electron chi connectivity index (χ3n) is 3.20. The molecule has 1 aliphatic rings. The average molecular weight is 264 g/mol. The predicted octanol–water partition coefficient (Wildman–Crippen LogP) is 1.13. The minimum atomic E-state index is -0.402. The number of nitrogens with one attached hydrogen (secondary N) is 1. The zero-order valence-electron chi connectivity index (χ0n) is 11.3. The zero-order valence-corrected chi connectivity index (χ0v) is 12.1. The molecule has 17 heavy (non-hydrogen) atoms. The summed E-state index contributed by atoms with van der Waals surface area (Å²) in [6, 6.07) is -0.0993. The minimum absolute atomic E-state index is 0. The molecule has 1 fully saturated rings. The van der Waals surface area contributed by atoms with Gasteiger partial charge < -0.3 is 11.1 Å². The number of rotatable bonds is 2. The van der Waals surface area contributed by atoms with Crippen molar-refractivity contribution in [2.45, 2.75) is 58.2 Å². The second kappa shape index (κ2) is 6.57. The number of halogens is 1. The highest BCUT2D eigenvalue weighted by Crippen LogP contribution is 2.19. The fourth-order valence-corrected chi connectivity index (χ4v) is 2.03. The molecule has 5 heteroatoms.